The van der Waals surface area contributed by atoms with Crippen LogP contribution >= 0.6 is 23.2 Å². The number of benzene rings is 3. The standard InChI is InChI=1S/C33H38Cl2O4/c1-4-5-6-7-8-9-10-11-24-12-14-25(15-13-24)26-16-19-28(20-17-26)38-32(36)27-18-21-30(29(34)22-27)39-33(37)31(35)23(2)3/h12-23,31H,4-11H2,1-3H3. The number of carbonyl (C=O) groups is 2. The highest BCUT2D eigenvalue weighted by Gasteiger charge is 2.23. The van der Waals surface area contributed by atoms with E-state index >= 15 is 0 Å². The van der Waals surface area contributed by atoms with Crippen molar-refractivity contribution in [1.82, 2.24) is 0 Å². The first kappa shape index (κ1) is 30.7. The monoisotopic (exact) mass is 568 g/mol. The second-order valence-corrected chi connectivity index (χ2v) is 11.1. The summed E-state index contributed by atoms with van der Waals surface area (Å²) in [6.45, 7) is 5.89. The molecular formula is C33H38Cl2O4. The topological polar surface area (TPSA) is 52.6 Å². The highest BCUT2D eigenvalue weighted by atomic mass is 35.5. The van der Waals surface area contributed by atoms with Gasteiger partial charge in [0, 0.05) is 0 Å². The van der Waals surface area contributed by atoms with E-state index in [-0.39, 0.29) is 22.3 Å². The molecule has 0 aliphatic carbocycles. The predicted molar refractivity (Wildman–Crippen MR) is 160 cm³/mol. The van der Waals surface area contributed by atoms with Gasteiger partial charge in [-0.3, -0.25) is 4.79 Å². The van der Waals surface area contributed by atoms with Crippen molar-refractivity contribution in [1.29, 1.82) is 0 Å². The molecule has 1 atom stereocenters. The van der Waals surface area contributed by atoms with Crippen LogP contribution in [0.1, 0.15) is 81.6 Å². The Labute approximate surface area is 242 Å². The highest BCUT2D eigenvalue weighted by Crippen LogP contribution is 2.28. The maximum atomic E-state index is 12.7. The van der Waals surface area contributed by atoms with Crippen molar-refractivity contribution in [3.8, 4) is 22.6 Å². The van der Waals surface area contributed by atoms with Gasteiger partial charge in [0.1, 0.15) is 16.9 Å². The van der Waals surface area contributed by atoms with Crippen LogP contribution < -0.4 is 9.47 Å². The molecule has 0 N–H and O–H groups in total. The Hall–Kier alpha value is -2.82. The summed E-state index contributed by atoms with van der Waals surface area (Å²) in [5.74, 6) is -0.672. The lowest BCUT2D eigenvalue weighted by molar-refractivity contribution is -0.134. The number of halogens is 2. The molecule has 39 heavy (non-hydrogen) atoms. The van der Waals surface area contributed by atoms with Gasteiger partial charge >= 0.3 is 11.9 Å². The van der Waals surface area contributed by atoms with Crippen molar-refractivity contribution in [2.24, 2.45) is 5.92 Å². The SMILES string of the molecule is CCCCCCCCCc1ccc(-c2ccc(OC(=O)c3ccc(OC(=O)C(Cl)C(C)C)c(Cl)c3)cc2)cc1. The molecule has 1 unspecified atom stereocenters. The van der Waals surface area contributed by atoms with E-state index in [2.05, 4.69) is 31.2 Å². The fourth-order valence-electron chi connectivity index (χ4n) is 4.18. The van der Waals surface area contributed by atoms with Gasteiger partial charge in [0.2, 0.25) is 0 Å². The zero-order chi connectivity index (χ0) is 28.2. The Balaban J connectivity index is 1.51. The number of alkyl halides is 1. The van der Waals surface area contributed by atoms with Crippen LogP contribution in [0.2, 0.25) is 5.02 Å². The van der Waals surface area contributed by atoms with Crippen molar-refractivity contribution < 1.29 is 19.1 Å². The zero-order valence-corrected chi connectivity index (χ0v) is 24.6. The second kappa shape index (κ2) is 15.7. The molecule has 4 nitrogen and oxygen atoms in total. The molecule has 208 valence electrons. The Bertz CT molecular complexity index is 1200. The minimum atomic E-state index is -0.790. The first-order valence-electron chi connectivity index (χ1n) is 13.9. The van der Waals surface area contributed by atoms with Crippen LogP contribution in [0.5, 0.6) is 11.5 Å². The molecule has 0 saturated carbocycles. The fraction of sp³-hybridized carbons (Fsp3) is 0.394. The summed E-state index contributed by atoms with van der Waals surface area (Å²) < 4.78 is 10.8. The summed E-state index contributed by atoms with van der Waals surface area (Å²) in [5.41, 5.74) is 3.77. The molecule has 0 radical (unpaired) electrons. The molecule has 3 rings (SSSR count). The number of carbonyl (C=O) groups excluding carboxylic acids is 2. The van der Waals surface area contributed by atoms with E-state index in [9.17, 15) is 9.59 Å². The Morgan fingerprint density at radius 3 is 1.95 bits per heavy atom. The first-order chi connectivity index (χ1) is 18.8. The number of aryl methyl sites for hydroxylation is 1. The number of ether oxygens (including phenoxy) is 2. The minimum Gasteiger partial charge on any atom is -0.424 e. The molecule has 0 aliphatic rings. The zero-order valence-electron chi connectivity index (χ0n) is 23.1. The lowest BCUT2D eigenvalue weighted by atomic mass is 10.0. The third kappa shape index (κ3) is 9.70. The largest absolute Gasteiger partial charge is 0.424 e. The number of unbranched alkanes of at least 4 members (excludes halogenated alkanes) is 6. The smallest absolute Gasteiger partial charge is 0.343 e. The number of rotatable bonds is 14. The van der Waals surface area contributed by atoms with E-state index in [0.717, 1.165) is 17.5 Å². The van der Waals surface area contributed by atoms with Crippen molar-refractivity contribution in [3.63, 3.8) is 0 Å². The average molecular weight is 570 g/mol. The van der Waals surface area contributed by atoms with Gasteiger partial charge in [-0.1, -0.05) is 107 Å². The minimum absolute atomic E-state index is 0.0855. The van der Waals surface area contributed by atoms with E-state index in [1.165, 1.54) is 68.7 Å². The molecule has 0 spiro atoms. The van der Waals surface area contributed by atoms with Crippen LogP contribution in [0.25, 0.3) is 11.1 Å². The lowest BCUT2D eigenvalue weighted by Crippen LogP contribution is -2.25. The Kier molecular flexibility index (Phi) is 12.4. The molecule has 3 aromatic carbocycles. The molecule has 0 fully saturated rings. The number of hydrogen-bond donors (Lipinski definition) is 0. The van der Waals surface area contributed by atoms with Gasteiger partial charge in [-0.2, -0.15) is 0 Å². The van der Waals surface area contributed by atoms with Crippen molar-refractivity contribution in [2.45, 2.75) is 77.5 Å². The third-order valence-corrected chi connectivity index (χ3v) is 7.59. The van der Waals surface area contributed by atoms with Gasteiger partial charge in [0.05, 0.1) is 10.6 Å². The van der Waals surface area contributed by atoms with Crippen molar-refractivity contribution in [2.75, 3.05) is 0 Å². The molecule has 0 heterocycles. The highest BCUT2D eigenvalue weighted by molar-refractivity contribution is 6.33. The molecule has 0 aliphatic heterocycles. The Morgan fingerprint density at radius 1 is 0.769 bits per heavy atom. The molecule has 0 aromatic heterocycles. The summed E-state index contributed by atoms with van der Waals surface area (Å²) in [6, 6.07) is 20.4. The van der Waals surface area contributed by atoms with Gasteiger partial charge < -0.3 is 9.47 Å². The van der Waals surface area contributed by atoms with Crippen molar-refractivity contribution in [3.05, 3.63) is 82.9 Å². The van der Waals surface area contributed by atoms with Gasteiger partial charge in [-0.05, 0) is 65.8 Å². The maximum Gasteiger partial charge on any atom is 0.343 e. The molecule has 0 bridgehead atoms. The van der Waals surface area contributed by atoms with Crippen molar-refractivity contribution >= 4 is 35.1 Å². The second-order valence-electron chi connectivity index (χ2n) is 10.2. The van der Waals surface area contributed by atoms with Gasteiger partial charge in [0.15, 0.2) is 0 Å². The van der Waals surface area contributed by atoms with E-state index in [1.54, 1.807) is 12.1 Å². The number of hydrogen-bond acceptors (Lipinski definition) is 4. The molecule has 0 amide bonds. The summed E-state index contributed by atoms with van der Waals surface area (Å²) in [5, 5.41) is -0.669. The van der Waals surface area contributed by atoms with Crippen LogP contribution in [-0.4, -0.2) is 17.3 Å². The lowest BCUT2D eigenvalue weighted by Gasteiger charge is -2.13. The van der Waals surface area contributed by atoms with E-state index in [0.29, 0.717) is 5.75 Å². The van der Waals surface area contributed by atoms with Gasteiger partial charge in [-0.25, -0.2) is 4.79 Å². The summed E-state index contributed by atoms with van der Waals surface area (Å²) >= 11 is 12.3. The number of esters is 2. The van der Waals surface area contributed by atoms with E-state index < -0.39 is 17.3 Å². The predicted octanol–water partition coefficient (Wildman–Crippen LogP) is 9.69. The molecular weight excluding hydrogens is 531 g/mol. The van der Waals surface area contributed by atoms with Gasteiger partial charge in [-0.15, -0.1) is 11.6 Å². The van der Waals surface area contributed by atoms with Gasteiger partial charge in [0.25, 0.3) is 0 Å². The van der Waals surface area contributed by atoms with E-state index in [4.69, 9.17) is 32.7 Å². The quantitative estimate of drug-likeness (QED) is 0.0839. The normalized spacial score (nSPS) is 11.8. The van der Waals surface area contributed by atoms with Crippen LogP contribution in [0.3, 0.4) is 0 Å². The molecule has 6 heteroatoms. The van der Waals surface area contributed by atoms with Crippen LogP contribution in [0, 0.1) is 5.92 Å². The maximum absolute atomic E-state index is 12.7. The van der Waals surface area contributed by atoms with Crippen LogP contribution in [0.4, 0.5) is 0 Å². The van der Waals surface area contributed by atoms with Crippen LogP contribution in [-0.2, 0) is 11.2 Å². The summed E-state index contributed by atoms with van der Waals surface area (Å²) in [6.07, 6.45) is 10.3. The van der Waals surface area contributed by atoms with Crippen LogP contribution in [0.15, 0.2) is 66.7 Å². The first-order valence-corrected chi connectivity index (χ1v) is 14.7. The molecule has 0 saturated heterocycles. The molecule has 3 aromatic rings. The fourth-order valence-corrected chi connectivity index (χ4v) is 4.44. The third-order valence-electron chi connectivity index (χ3n) is 6.61. The average Bonchev–Trinajstić information content (AvgIpc) is 2.93. The van der Waals surface area contributed by atoms with E-state index in [1.807, 2.05) is 26.0 Å². The summed E-state index contributed by atoms with van der Waals surface area (Å²) in [4.78, 5) is 24.8. The summed E-state index contributed by atoms with van der Waals surface area (Å²) in [7, 11) is 0. The Morgan fingerprint density at radius 2 is 1.36 bits per heavy atom.